The molecule has 1 aliphatic rings. The molecule has 3 heterocycles. The smallest absolute Gasteiger partial charge is 0.251 e. The Morgan fingerprint density at radius 1 is 1.33 bits per heavy atom. The number of amides is 2. The van der Waals surface area contributed by atoms with Crippen LogP contribution in [0.4, 0.5) is 11.8 Å². The van der Waals surface area contributed by atoms with Gasteiger partial charge in [-0.25, -0.2) is 4.98 Å². The Morgan fingerprint density at radius 3 is 2.81 bits per heavy atom. The first kappa shape index (κ1) is 13.3. The molecule has 0 radical (unpaired) electrons. The number of nitrogens with zero attached hydrogens (tertiary/aromatic N) is 4. The van der Waals surface area contributed by atoms with Gasteiger partial charge in [-0.15, -0.1) is 0 Å². The van der Waals surface area contributed by atoms with Gasteiger partial charge in [0.25, 0.3) is 5.91 Å². The molecule has 9 nitrogen and oxygen atoms in total. The molecule has 0 unspecified atom stereocenters. The van der Waals surface area contributed by atoms with Gasteiger partial charge in [-0.05, 0) is 13.8 Å². The van der Waals surface area contributed by atoms with E-state index in [1.165, 1.54) is 6.33 Å². The summed E-state index contributed by atoms with van der Waals surface area (Å²) in [6.07, 6.45) is 1.50. The molecule has 0 aromatic carbocycles. The van der Waals surface area contributed by atoms with Crippen LogP contribution in [0.2, 0.25) is 0 Å². The molecular weight excluding hydrogens is 274 g/mol. The molecule has 9 heteroatoms. The van der Waals surface area contributed by atoms with Crippen molar-refractivity contribution in [3.8, 4) is 0 Å². The van der Waals surface area contributed by atoms with Crippen molar-refractivity contribution in [2.24, 2.45) is 0 Å². The standard InChI is InChI=1S/C12H15N7O2/c1-12(2)10(21)16-6(20)4-19(12)9-7-8(15-5-14-7)17-11(13-3)18-9/h5H,4H2,1-3H3,(H,16,20,21)(H2,13,14,15,17,18). The number of H-pyrrole nitrogens is 1. The number of carbonyl (C=O) groups is 2. The lowest BCUT2D eigenvalue weighted by molar-refractivity contribution is -0.135. The topological polar surface area (TPSA) is 116 Å². The summed E-state index contributed by atoms with van der Waals surface area (Å²) in [6.45, 7) is 3.50. The van der Waals surface area contributed by atoms with Crippen LogP contribution in [0.1, 0.15) is 13.8 Å². The Morgan fingerprint density at radius 2 is 2.10 bits per heavy atom. The minimum Gasteiger partial charge on any atom is -0.357 e. The fraction of sp³-hybridized carbons (Fsp3) is 0.417. The molecule has 0 aliphatic carbocycles. The van der Waals surface area contributed by atoms with Crippen LogP contribution in [0.3, 0.4) is 0 Å². The van der Waals surface area contributed by atoms with Crippen molar-refractivity contribution < 1.29 is 9.59 Å². The number of anilines is 2. The summed E-state index contributed by atoms with van der Waals surface area (Å²) < 4.78 is 0. The van der Waals surface area contributed by atoms with Gasteiger partial charge in [0.05, 0.1) is 12.9 Å². The lowest BCUT2D eigenvalue weighted by Gasteiger charge is -2.40. The van der Waals surface area contributed by atoms with Gasteiger partial charge in [0, 0.05) is 7.05 Å². The number of imidazole rings is 1. The van der Waals surface area contributed by atoms with Gasteiger partial charge in [-0.1, -0.05) is 0 Å². The van der Waals surface area contributed by atoms with Crippen molar-refractivity contribution in [2.75, 3.05) is 23.8 Å². The predicted octanol–water partition coefficient (Wildman–Crippen LogP) is -0.364. The van der Waals surface area contributed by atoms with Crippen molar-refractivity contribution in [1.29, 1.82) is 0 Å². The third-order valence-electron chi connectivity index (χ3n) is 3.53. The average molecular weight is 289 g/mol. The van der Waals surface area contributed by atoms with Crippen molar-refractivity contribution in [1.82, 2.24) is 25.3 Å². The van der Waals surface area contributed by atoms with Gasteiger partial charge in [0.2, 0.25) is 11.9 Å². The quantitative estimate of drug-likeness (QED) is 0.646. The molecule has 3 N–H and O–H groups in total. The van der Waals surface area contributed by atoms with E-state index in [0.29, 0.717) is 22.9 Å². The zero-order valence-electron chi connectivity index (χ0n) is 11.9. The van der Waals surface area contributed by atoms with E-state index in [2.05, 4.69) is 30.6 Å². The highest BCUT2D eigenvalue weighted by Crippen LogP contribution is 2.30. The number of hydrogen-bond donors (Lipinski definition) is 3. The number of imide groups is 1. The zero-order valence-corrected chi connectivity index (χ0v) is 11.9. The van der Waals surface area contributed by atoms with E-state index in [9.17, 15) is 9.59 Å². The maximum absolute atomic E-state index is 12.1. The molecule has 1 aliphatic heterocycles. The van der Waals surface area contributed by atoms with Crippen LogP contribution >= 0.6 is 0 Å². The highest BCUT2D eigenvalue weighted by molar-refractivity contribution is 6.07. The molecule has 0 bridgehead atoms. The van der Waals surface area contributed by atoms with E-state index in [1.54, 1.807) is 25.8 Å². The first-order valence-electron chi connectivity index (χ1n) is 6.44. The van der Waals surface area contributed by atoms with E-state index >= 15 is 0 Å². The average Bonchev–Trinajstić information content (AvgIpc) is 2.90. The highest BCUT2D eigenvalue weighted by Gasteiger charge is 2.42. The maximum Gasteiger partial charge on any atom is 0.251 e. The van der Waals surface area contributed by atoms with E-state index in [4.69, 9.17) is 0 Å². The van der Waals surface area contributed by atoms with Gasteiger partial charge < -0.3 is 15.2 Å². The molecule has 0 saturated carbocycles. The molecule has 1 saturated heterocycles. The summed E-state index contributed by atoms with van der Waals surface area (Å²) in [4.78, 5) is 41.1. The fourth-order valence-electron chi connectivity index (χ4n) is 2.25. The van der Waals surface area contributed by atoms with Gasteiger partial charge >= 0.3 is 0 Å². The van der Waals surface area contributed by atoms with Crippen molar-refractivity contribution in [3.05, 3.63) is 6.33 Å². The first-order chi connectivity index (χ1) is 9.93. The third-order valence-corrected chi connectivity index (χ3v) is 3.53. The van der Waals surface area contributed by atoms with Crippen molar-refractivity contribution >= 4 is 34.7 Å². The lowest BCUT2D eigenvalue weighted by atomic mass is 9.98. The molecular formula is C12H15N7O2. The maximum atomic E-state index is 12.1. The number of rotatable bonds is 2. The Balaban J connectivity index is 2.20. The van der Waals surface area contributed by atoms with Gasteiger partial charge in [0.1, 0.15) is 11.1 Å². The first-order valence-corrected chi connectivity index (χ1v) is 6.44. The summed E-state index contributed by atoms with van der Waals surface area (Å²) in [7, 11) is 1.69. The lowest BCUT2D eigenvalue weighted by Crippen LogP contribution is -2.64. The number of nitrogens with one attached hydrogen (secondary N) is 3. The van der Waals surface area contributed by atoms with Crippen LogP contribution in [0.5, 0.6) is 0 Å². The summed E-state index contributed by atoms with van der Waals surface area (Å²) in [5.41, 5.74) is 0.147. The van der Waals surface area contributed by atoms with E-state index in [1.807, 2.05) is 0 Å². The zero-order chi connectivity index (χ0) is 15.2. The Labute approximate surface area is 120 Å². The van der Waals surface area contributed by atoms with Crippen molar-refractivity contribution in [2.45, 2.75) is 19.4 Å². The van der Waals surface area contributed by atoms with Crippen LogP contribution < -0.4 is 15.5 Å². The third kappa shape index (κ3) is 1.97. The molecule has 0 spiro atoms. The monoisotopic (exact) mass is 289 g/mol. The Kier molecular flexibility index (Phi) is 2.78. The second-order valence-electron chi connectivity index (χ2n) is 5.24. The largest absolute Gasteiger partial charge is 0.357 e. The molecule has 1 fully saturated rings. The second kappa shape index (κ2) is 4.40. The van der Waals surface area contributed by atoms with Gasteiger partial charge in [0.15, 0.2) is 11.5 Å². The minimum atomic E-state index is -0.911. The fourth-order valence-corrected chi connectivity index (χ4v) is 2.25. The number of fused-ring (bicyclic) bond motifs is 1. The van der Waals surface area contributed by atoms with Crippen molar-refractivity contribution in [3.63, 3.8) is 0 Å². The van der Waals surface area contributed by atoms with Crippen LogP contribution in [0, 0.1) is 0 Å². The molecule has 21 heavy (non-hydrogen) atoms. The number of hydrogen-bond acceptors (Lipinski definition) is 7. The van der Waals surface area contributed by atoms with E-state index < -0.39 is 5.54 Å². The Hall–Kier alpha value is -2.71. The Bertz CT molecular complexity index is 736. The van der Waals surface area contributed by atoms with Crippen LogP contribution in [-0.4, -0.2) is 50.9 Å². The number of piperazine rings is 1. The molecule has 3 rings (SSSR count). The number of aromatic nitrogens is 4. The summed E-state index contributed by atoms with van der Waals surface area (Å²) in [5, 5.41) is 5.19. The number of aromatic amines is 1. The van der Waals surface area contributed by atoms with Crippen LogP contribution in [-0.2, 0) is 9.59 Å². The summed E-state index contributed by atoms with van der Waals surface area (Å²) >= 11 is 0. The summed E-state index contributed by atoms with van der Waals surface area (Å²) in [5.74, 6) is 0.113. The second-order valence-corrected chi connectivity index (χ2v) is 5.24. The molecule has 2 amide bonds. The minimum absolute atomic E-state index is 0.0347. The van der Waals surface area contributed by atoms with Crippen LogP contribution in [0.25, 0.3) is 11.2 Å². The molecule has 0 atom stereocenters. The molecule has 110 valence electrons. The number of carbonyl (C=O) groups excluding carboxylic acids is 2. The van der Waals surface area contributed by atoms with E-state index in [0.717, 1.165) is 0 Å². The predicted molar refractivity (Wildman–Crippen MR) is 75.8 cm³/mol. The van der Waals surface area contributed by atoms with Crippen LogP contribution in [0.15, 0.2) is 6.33 Å². The SMILES string of the molecule is CNc1nc(N2CC(=O)NC(=O)C2(C)C)c2[nH]cnc2n1. The van der Waals surface area contributed by atoms with Gasteiger partial charge in [-0.3, -0.25) is 14.9 Å². The molecule has 2 aromatic heterocycles. The van der Waals surface area contributed by atoms with Gasteiger partial charge in [-0.2, -0.15) is 9.97 Å². The van der Waals surface area contributed by atoms with E-state index in [-0.39, 0.29) is 18.4 Å². The highest BCUT2D eigenvalue weighted by atomic mass is 16.2. The normalized spacial score (nSPS) is 18.0. The molecule has 2 aromatic rings. The summed E-state index contributed by atoms with van der Waals surface area (Å²) in [6, 6.07) is 0.